The van der Waals surface area contributed by atoms with Gasteiger partial charge < -0.3 is 20.5 Å². The van der Waals surface area contributed by atoms with Crippen LogP contribution in [0.4, 0.5) is 0 Å². The molecule has 24 heavy (non-hydrogen) atoms. The Morgan fingerprint density at radius 1 is 1.38 bits per heavy atom. The van der Waals surface area contributed by atoms with E-state index in [2.05, 4.69) is 41.8 Å². The van der Waals surface area contributed by atoms with E-state index in [4.69, 9.17) is 5.73 Å². The van der Waals surface area contributed by atoms with Crippen LogP contribution in [0.15, 0.2) is 46.0 Å². The van der Waals surface area contributed by atoms with Crippen LogP contribution in [0, 0.1) is 0 Å². The molecule has 6 nitrogen and oxygen atoms in total. The molecular formula is C17H22BrN5O. The van der Waals surface area contributed by atoms with E-state index >= 15 is 0 Å². The first-order valence-electron chi connectivity index (χ1n) is 7.52. The van der Waals surface area contributed by atoms with Crippen molar-refractivity contribution in [1.29, 1.82) is 0 Å². The predicted octanol–water partition coefficient (Wildman–Crippen LogP) is 2.09. The van der Waals surface area contributed by atoms with Crippen LogP contribution in [0.25, 0.3) is 0 Å². The maximum absolute atomic E-state index is 11.1. The molecule has 128 valence electrons. The van der Waals surface area contributed by atoms with Crippen LogP contribution in [-0.4, -0.2) is 35.4 Å². The van der Waals surface area contributed by atoms with Crippen molar-refractivity contribution in [2.24, 2.45) is 17.8 Å². The largest absolute Gasteiger partial charge is 0.366 e. The van der Waals surface area contributed by atoms with Crippen molar-refractivity contribution >= 4 is 27.8 Å². The second-order valence-electron chi connectivity index (χ2n) is 5.58. The van der Waals surface area contributed by atoms with E-state index in [0.717, 1.165) is 22.5 Å². The number of hydrogen-bond donors (Lipinski definition) is 2. The van der Waals surface area contributed by atoms with E-state index in [9.17, 15) is 4.79 Å². The summed E-state index contributed by atoms with van der Waals surface area (Å²) < 4.78 is 3.14. The molecule has 0 atom stereocenters. The first kappa shape index (κ1) is 18.1. The van der Waals surface area contributed by atoms with Crippen molar-refractivity contribution in [2.75, 3.05) is 14.1 Å². The molecule has 0 saturated carbocycles. The number of carbonyl (C=O) groups excluding carboxylic acids is 1. The molecule has 0 aliphatic rings. The lowest BCUT2D eigenvalue weighted by atomic mass is 10.1. The standard InChI is InChI=1S/C17H22BrN5O/c1-20-17(23(3)11-15-8-14(18)10-22(15)2)21-9-12-4-6-13(7-5-12)16(19)24/h4-8,10H,9,11H2,1-3H3,(H2,19,24)(H,20,21). The topological polar surface area (TPSA) is 75.6 Å². The summed E-state index contributed by atoms with van der Waals surface area (Å²) in [6.07, 6.45) is 2.03. The number of nitrogens with zero attached hydrogens (tertiary/aromatic N) is 3. The van der Waals surface area contributed by atoms with Crippen molar-refractivity contribution in [3.05, 3.63) is 57.8 Å². The fourth-order valence-electron chi connectivity index (χ4n) is 2.39. The molecule has 1 aromatic carbocycles. The van der Waals surface area contributed by atoms with Gasteiger partial charge in [0.15, 0.2) is 5.96 Å². The summed E-state index contributed by atoms with van der Waals surface area (Å²) in [6.45, 7) is 1.36. The molecule has 0 aliphatic heterocycles. The van der Waals surface area contributed by atoms with E-state index in [1.54, 1.807) is 19.2 Å². The van der Waals surface area contributed by atoms with Crippen LogP contribution in [0.5, 0.6) is 0 Å². The zero-order valence-electron chi connectivity index (χ0n) is 14.1. The Morgan fingerprint density at radius 3 is 2.54 bits per heavy atom. The summed E-state index contributed by atoms with van der Waals surface area (Å²) in [4.78, 5) is 17.5. The highest BCUT2D eigenvalue weighted by atomic mass is 79.9. The van der Waals surface area contributed by atoms with Crippen molar-refractivity contribution in [3.8, 4) is 0 Å². The number of carbonyl (C=O) groups is 1. The van der Waals surface area contributed by atoms with Gasteiger partial charge in [0.1, 0.15) is 0 Å². The van der Waals surface area contributed by atoms with Crippen LogP contribution in [0.3, 0.4) is 0 Å². The highest BCUT2D eigenvalue weighted by Crippen LogP contribution is 2.15. The quantitative estimate of drug-likeness (QED) is 0.605. The van der Waals surface area contributed by atoms with Gasteiger partial charge in [0, 0.05) is 49.6 Å². The number of aliphatic imine (C=N–C) groups is 1. The minimum Gasteiger partial charge on any atom is -0.366 e. The fourth-order valence-corrected chi connectivity index (χ4v) is 2.97. The molecule has 0 aliphatic carbocycles. The molecule has 0 fully saturated rings. The molecule has 1 aromatic heterocycles. The van der Waals surface area contributed by atoms with Gasteiger partial charge in [0.2, 0.25) is 5.91 Å². The SMILES string of the molecule is CN=C(NCc1ccc(C(N)=O)cc1)N(C)Cc1cc(Br)cn1C. The second kappa shape index (κ2) is 8.01. The number of rotatable bonds is 5. The second-order valence-corrected chi connectivity index (χ2v) is 6.49. The molecule has 0 unspecified atom stereocenters. The predicted molar refractivity (Wildman–Crippen MR) is 99.7 cm³/mol. The molecule has 0 spiro atoms. The Balaban J connectivity index is 1.96. The number of amides is 1. The maximum Gasteiger partial charge on any atom is 0.248 e. The minimum absolute atomic E-state index is 0.418. The van der Waals surface area contributed by atoms with Gasteiger partial charge in [-0.25, -0.2) is 0 Å². The molecule has 2 aromatic rings. The van der Waals surface area contributed by atoms with E-state index in [-0.39, 0.29) is 0 Å². The first-order valence-corrected chi connectivity index (χ1v) is 8.31. The van der Waals surface area contributed by atoms with Gasteiger partial charge in [-0.1, -0.05) is 12.1 Å². The van der Waals surface area contributed by atoms with Crippen LogP contribution < -0.4 is 11.1 Å². The molecule has 0 radical (unpaired) electrons. The zero-order chi connectivity index (χ0) is 17.7. The monoisotopic (exact) mass is 391 g/mol. The molecule has 0 saturated heterocycles. The Morgan fingerprint density at radius 2 is 2.04 bits per heavy atom. The number of hydrogen-bond acceptors (Lipinski definition) is 2. The van der Waals surface area contributed by atoms with Crippen LogP contribution in [0.1, 0.15) is 21.6 Å². The molecular weight excluding hydrogens is 370 g/mol. The third kappa shape index (κ3) is 4.61. The zero-order valence-corrected chi connectivity index (χ0v) is 15.7. The van der Waals surface area contributed by atoms with Gasteiger partial charge in [0.05, 0.1) is 6.54 Å². The highest BCUT2D eigenvalue weighted by Gasteiger charge is 2.09. The van der Waals surface area contributed by atoms with Gasteiger partial charge in [-0.15, -0.1) is 0 Å². The fraction of sp³-hybridized carbons (Fsp3) is 0.294. The summed E-state index contributed by atoms with van der Waals surface area (Å²) >= 11 is 3.49. The Bertz CT molecular complexity index is 736. The molecule has 2 rings (SSSR count). The third-order valence-electron chi connectivity index (χ3n) is 3.74. The van der Waals surface area contributed by atoms with E-state index in [1.807, 2.05) is 32.4 Å². The van der Waals surface area contributed by atoms with Crippen LogP contribution >= 0.6 is 15.9 Å². The minimum atomic E-state index is -0.418. The molecule has 1 heterocycles. The average molecular weight is 392 g/mol. The van der Waals surface area contributed by atoms with Crippen LogP contribution in [-0.2, 0) is 20.1 Å². The number of guanidine groups is 1. The van der Waals surface area contributed by atoms with Crippen molar-refractivity contribution in [2.45, 2.75) is 13.1 Å². The van der Waals surface area contributed by atoms with Crippen LogP contribution in [0.2, 0.25) is 0 Å². The number of nitrogens with one attached hydrogen (secondary N) is 1. The Kier molecular flexibility index (Phi) is 6.03. The van der Waals surface area contributed by atoms with Crippen molar-refractivity contribution in [1.82, 2.24) is 14.8 Å². The summed E-state index contributed by atoms with van der Waals surface area (Å²) in [6, 6.07) is 9.32. The third-order valence-corrected chi connectivity index (χ3v) is 4.17. The lowest BCUT2D eigenvalue weighted by Gasteiger charge is -2.22. The number of nitrogens with two attached hydrogens (primary N) is 1. The number of benzene rings is 1. The highest BCUT2D eigenvalue weighted by molar-refractivity contribution is 9.10. The van der Waals surface area contributed by atoms with Gasteiger partial charge in [-0.3, -0.25) is 9.79 Å². The number of aromatic nitrogens is 1. The van der Waals surface area contributed by atoms with E-state index in [0.29, 0.717) is 12.1 Å². The molecule has 3 N–H and O–H groups in total. The normalized spacial score (nSPS) is 11.4. The van der Waals surface area contributed by atoms with Crippen molar-refractivity contribution < 1.29 is 4.79 Å². The Hall–Kier alpha value is -2.28. The summed E-state index contributed by atoms with van der Waals surface area (Å²) in [7, 11) is 5.77. The van der Waals surface area contributed by atoms with Gasteiger partial charge in [-0.2, -0.15) is 0 Å². The summed E-state index contributed by atoms with van der Waals surface area (Å²) in [5, 5.41) is 3.32. The number of primary amides is 1. The van der Waals surface area contributed by atoms with E-state index in [1.165, 1.54) is 5.69 Å². The number of aryl methyl sites for hydroxylation is 1. The first-order chi connectivity index (χ1) is 11.4. The Labute approximate surface area is 150 Å². The van der Waals surface area contributed by atoms with Gasteiger partial charge in [0.25, 0.3) is 0 Å². The lowest BCUT2D eigenvalue weighted by molar-refractivity contribution is 0.100. The molecule has 7 heteroatoms. The van der Waals surface area contributed by atoms with Gasteiger partial charge >= 0.3 is 0 Å². The number of halogens is 1. The van der Waals surface area contributed by atoms with Crippen molar-refractivity contribution in [3.63, 3.8) is 0 Å². The summed E-state index contributed by atoms with van der Waals surface area (Å²) in [5.74, 6) is 0.380. The van der Waals surface area contributed by atoms with Gasteiger partial charge in [-0.05, 0) is 39.7 Å². The molecule has 0 bridgehead atoms. The summed E-state index contributed by atoms with van der Waals surface area (Å²) in [5.41, 5.74) is 7.99. The van der Waals surface area contributed by atoms with E-state index < -0.39 is 5.91 Å². The molecule has 1 amide bonds. The smallest absolute Gasteiger partial charge is 0.248 e. The average Bonchev–Trinajstić information content (AvgIpc) is 2.85. The lowest BCUT2D eigenvalue weighted by Crippen LogP contribution is -2.38. The maximum atomic E-state index is 11.1.